The molecule has 0 N–H and O–H groups in total. The van der Waals surface area contributed by atoms with E-state index >= 15 is 0 Å². The minimum absolute atomic E-state index is 0.209. The van der Waals surface area contributed by atoms with E-state index < -0.39 is 0 Å². The Kier molecular flexibility index (Phi) is 7.06. The van der Waals surface area contributed by atoms with Crippen molar-refractivity contribution in [3.63, 3.8) is 0 Å². The smallest absolute Gasteiger partial charge is 0.282 e. The fourth-order valence-electron chi connectivity index (χ4n) is 3.70. The highest BCUT2D eigenvalue weighted by atomic mass is 79.9. The summed E-state index contributed by atoms with van der Waals surface area (Å²) in [6.07, 6.45) is 1.59. The molecule has 5 aromatic rings. The normalized spacial score (nSPS) is 11.3. The second-order valence-electron chi connectivity index (χ2n) is 7.91. The lowest BCUT2D eigenvalue weighted by Gasteiger charge is -2.12. The van der Waals surface area contributed by atoms with Gasteiger partial charge in [0.2, 0.25) is 0 Å². The Hall–Kier alpha value is -3.62. The molecule has 0 radical (unpaired) electrons. The molecule has 0 spiro atoms. The highest BCUT2D eigenvalue weighted by molar-refractivity contribution is 9.11. The van der Waals surface area contributed by atoms with Crippen LogP contribution in [0, 0.1) is 5.82 Å². The summed E-state index contributed by atoms with van der Waals surface area (Å²) >= 11 is 7.08. The van der Waals surface area contributed by atoms with Crippen LogP contribution in [-0.4, -0.2) is 15.9 Å². The fraction of sp³-hybridized carbons (Fsp3) is 0.0357. The number of rotatable bonds is 6. The largest absolute Gasteiger partial charge is 0.487 e. The molecule has 0 unspecified atom stereocenters. The lowest BCUT2D eigenvalue weighted by Crippen LogP contribution is -2.20. The van der Waals surface area contributed by atoms with E-state index in [0.29, 0.717) is 31.4 Å². The molecule has 8 heteroatoms. The van der Waals surface area contributed by atoms with E-state index in [1.54, 1.807) is 30.5 Å². The van der Waals surface area contributed by atoms with Crippen LogP contribution in [0.1, 0.15) is 11.1 Å². The maximum atomic E-state index is 13.5. The van der Waals surface area contributed by atoms with Gasteiger partial charge in [-0.05, 0) is 79.4 Å². The SMILES string of the molecule is O=c1c2ccccc2nc(-c2ccccc2)n1N=Cc1cc(Br)c(OCc2cccc(F)c2)c(Br)c1. The van der Waals surface area contributed by atoms with Crippen molar-refractivity contribution in [3.05, 3.63) is 127 Å². The second kappa shape index (κ2) is 10.6. The zero-order valence-electron chi connectivity index (χ0n) is 18.7. The van der Waals surface area contributed by atoms with Crippen LogP contribution in [0.25, 0.3) is 22.3 Å². The van der Waals surface area contributed by atoms with Gasteiger partial charge in [-0.25, -0.2) is 9.37 Å². The molecule has 0 bridgehead atoms. The Balaban J connectivity index is 1.49. The van der Waals surface area contributed by atoms with Crippen LogP contribution in [0.3, 0.4) is 0 Å². The standard InChI is InChI=1S/C28H18Br2FN3O2/c29-23-14-19(15-24(30)26(23)36-17-18-7-6-10-21(31)13-18)16-32-34-27(20-8-2-1-3-9-20)33-25-12-5-4-11-22(25)28(34)35/h1-16H,17H2. The molecular weight excluding hydrogens is 589 g/mol. The number of ether oxygens (including phenoxy) is 1. The number of benzene rings is 4. The van der Waals surface area contributed by atoms with Crippen LogP contribution in [0.15, 0.2) is 110 Å². The maximum absolute atomic E-state index is 13.5. The first-order valence-corrected chi connectivity index (χ1v) is 12.6. The Bertz CT molecular complexity index is 1630. The molecule has 4 aromatic carbocycles. The lowest BCUT2D eigenvalue weighted by atomic mass is 10.2. The molecule has 0 amide bonds. The molecule has 0 aliphatic carbocycles. The van der Waals surface area contributed by atoms with Gasteiger partial charge in [0, 0.05) is 5.56 Å². The van der Waals surface area contributed by atoms with Gasteiger partial charge in [-0.15, -0.1) is 0 Å². The van der Waals surface area contributed by atoms with E-state index in [1.807, 2.05) is 54.6 Å². The number of para-hydroxylation sites is 1. The Morgan fingerprint density at radius 1 is 0.917 bits per heavy atom. The molecule has 1 aromatic heterocycles. The summed E-state index contributed by atoms with van der Waals surface area (Å²) in [5.74, 6) is 0.712. The Morgan fingerprint density at radius 3 is 2.39 bits per heavy atom. The number of hydrogen-bond acceptors (Lipinski definition) is 4. The first kappa shape index (κ1) is 24.1. The van der Waals surface area contributed by atoms with E-state index in [2.05, 4.69) is 37.0 Å². The number of halogens is 3. The quantitative estimate of drug-likeness (QED) is 0.192. The molecule has 36 heavy (non-hydrogen) atoms. The summed E-state index contributed by atoms with van der Waals surface area (Å²) in [5, 5.41) is 4.99. The van der Waals surface area contributed by atoms with E-state index in [0.717, 1.165) is 16.7 Å². The van der Waals surface area contributed by atoms with Gasteiger partial charge in [0.05, 0.1) is 26.1 Å². The zero-order valence-corrected chi connectivity index (χ0v) is 21.9. The molecule has 5 nitrogen and oxygen atoms in total. The summed E-state index contributed by atoms with van der Waals surface area (Å²) in [6, 6.07) is 26.6. The molecule has 0 saturated heterocycles. The molecule has 1 heterocycles. The predicted molar refractivity (Wildman–Crippen MR) is 147 cm³/mol. The summed E-state index contributed by atoms with van der Waals surface area (Å²) in [7, 11) is 0. The topological polar surface area (TPSA) is 56.5 Å². The van der Waals surface area contributed by atoms with Crippen molar-refractivity contribution >= 4 is 49.0 Å². The van der Waals surface area contributed by atoms with Crippen molar-refractivity contribution < 1.29 is 9.13 Å². The molecule has 0 aliphatic heterocycles. The van der Waals surface area contributed by atoms with Crippen molar-refractivity contribution in [2.45, 2.75) is 6.61 Å². The van der Waals surface area contributed by atoms with Crippen LogP contribution < -0.4 is 10.3 Å². The van der Waals surface area contributed by atoms with Crippen LogP contribution in [0.5, 0.6) is 5.75 Å². The molecule has 0 aliphatic rings. The van der Waals surface area contributed by atoms with Gasteiger partial charge in [0.15, 0.2) is 5.82 Å². The van der Waals surface area contributed by atoms with E-state index in [1.165, 1.54) is 16.8 Å². The third kappa shape index (κ3) is 5.15. The van der Waals surface area contributed by atoms with Gasteiger partial charge in [-0.3, -0.25) is 4.79 Å². The third-order valence-electron chi connectivity index (χ3n) is 5.40. The maximum Gasteiger partial charge on any atom is 0.282 e. The van der Waals surface area contributed by atoms with E-state index in [-0.39, 0.29) is 18.0 Å². The van der Waals surface area contributed by atoms with Gasteiger partial charge < -0.3 is 4.74 Å². The van der Waals surface area contributed by atoms with Crippen LogP contribution in [0.2, 0.25) is 0 Å². The lowest BCUT2D eigenvalue weighted by molar-refractivity contribution is 0.301. The van der Waals surface area contributed by atoms with Crippen molar-refractivity contribution in [2.24, 2.45) is 5.10 Å². The monoisotopic (exact) mass is 605 g/mol. The first-order valence-electron chi connectivity index (χ1n) is 11.0. The summed E-state index contributed by atoms with van der Waals surface area (Å²) in [5.41, 5.74) is 2.57. The number of aromatic nitrogens is 2. The third-order valence-corrected chi connectivity index (χ3v) is 6.58. The zero-order chi connectivity index (χ0) is 25.1. The summed E-state index contributed by atoms with van der Waals surface area (Å²) < 4.78 is 22.0. The molecule has 0 fully saturated rings. The van der Waals surface area contributed by atoms with Gasteiger partial charge in [-0.2, -0.15) is 9.78 Å². The molecule has 5 rings (SSSR count). The van der Waals surface area contributed by atoms with Gasteiger partial charge >= 0.3 is 0 Å². The van der Waals surface area contributed by atoms with Crippen molar-refractivity contribution in [2.75, 3.05) is 0 Å². The van der Waals surface area contributed by atoms with Crippen LogP contribution >= 0.6 is 31.9 Å². The van der Waals surface area contributed by atoms with Crippen molar-refractivity contribution in [3.8, 4) is 17.1 Å². The minimum atomic E-state index is -0.311. The average molecular weight is 607 g/mol. The van der Waals surface area contributed by atoms with Crippen LogP contribution in [0.4, 0.5) is 4.39 Å². The molecule has 0 saturated carbocycles. The fourth-order valence-corrected chi connectivity index (χ4v) is 5.15. The molecule has 178 valence electrons. The number of hydrogen-bond donors (Lipinski definition) is 0. The number of nitrogens with zero attached hydrogens (tertiary/aromatic N) is 3. The van der Waals surface area contributed by atoms with Crippen molar-refractivity contribution in [1.82, 2.24) is 9.66 Å². The number of fused-ring (bicyclic) bond motifs is 1. The molecular formula is C28H18Br2FN3O2. The second-order valence-corrected chi connectivity index (χ2v) is 9.62. The van der Waals surface area contributed by atoms with Gasteiger partial charge in [-0.1, -0.05) is 54.6 Å². The van der Waals surface area contributed by atoms with Crippen molar-refractivity contribution in [1.29, 1.82) is 0 Å². The molecule has 0 atom stereocenters. The van der Waals surface area contributed by atoms with Gasteiger partial charge in [0.1, 0.15) is 18.2 Å². The Morgan fingerprint density at radius 2 is 1.64 bits per heavy atom. The van der Waals surface area contributed by atoms with E-state index in [9.17, 15) is 9.18 Å². The summed E-state index contributed by atoms with van der Waals surface area (Å²) in [6.45, 7) is 0.209. The highest BCUT2D eigenvalue weighted by Crippen LogP contribution is 2.35. The Labute approximate surface area is 223 Å². The van der Waals surface area contributed by atoms with E-state index in [4.69, 9.17) is 9.72 Å². The minimum Gasteiger partial charge on any atom is -0.487 e. The average Bonchev–Trinajstić information content (AvgIpc) is 2.88. The summed E-state index contributed by atoms with van der Waals surface area (Å²) in [4.78, 5) is 18.0. The van der Waals surface area contributed by atoms with Crippen LogP contribution in [-0.2, 0) is 6.61 Å². The van der Waals surface area contributed by atoms with Gasteiger partial charge in [0.25, 0.3) is 5.56 Å². The first-order chi connectivity index (χ1) is 17.5. The highest BCUT2D eigenvalue weighted by Gasteiger charge is 2.13. The predicted octanol–water partition coefficient (Wildman–Crippen LogP) is 7.19.